The molecule has 30 heavy (non-hydrogen) atoms. The summed E-state index contributed by atoms with van der Waals surface area (Å²) in [5, 5.41) is 2.90. The van der Waals surface area contributed by atoms with E-state index in [9.17, 15) is 14.0 Å². The topological polar surface area (TPSA) is 64.6 Å². The molecule has 1 amide bonds. The van der Waals surface area contributed by atoms with Crippen molar-refractivity contribution in [2.24, 2.45) is 0 Å². The Labute approximate surface area is 182 Å². The normalized spacial score (nSPS) is 21.2. The summed E-state index contributed by atoms with van der Waals surface area (Å²) in [5.74, 6) is 0.205. The Bertz CT molecular complexity index is 1050. The molecule has 0 fully saturated rings. The van der Waals surface area contributed by atoms with Gasteiger partial charge in [0.15, 0.2) is 5.78 Å². The maximum atomic E-state index is 13.3. The fraction of sp³-hybridized carbons (Fsp3) is 0.304. The van der Waals surface area contributed by atoms with Crippen LogP contribution in [0.4, 0.5) is 4.39 Å². The molecule has 0 saturated carbocycles. The van der Waals surface area contributed by atoms with Gasteiger partial charge in [-0.3, -0.25) is 9.59 Å². The first-order valence-electron chi connectivity index (χ1n) is 9.64. The van der Waals surface area contributed by atoms with Crippen molar-refractivity contribution in [3.05, 3.63) is 69.1 Å². The summed E-state index contributed by atoms with van der Waals surface area (Å²) in [6.45, 7) is 0. The largest absolute Gasteiger partial charge is 0.496 e. The maximum Gasteiger partial charge on any atom is 0.225 e. The monoisotopic (exact) mass is 473 g/mol. The van der Waals surface area contributed by atoms with Crippen LogP contribution >= 0.6 is 15.9 Å². The maximum absolute atomic E-state index is 13.3. The summed E-state index contributed by atoms with van der Waals surface area (Å²) in [6, 6.07) is 9.79. The number of methoxy groups -OCH3 is 2. The molecule has 0 spiro atoms. The van der Waals surface area contributed by atoms with Crippen molar-refractivity contribution in [1.29, 1.82) is 0 Å². The Balaban J connectivity index is 1.77. The van der Waals surface area contributed by atoms with Crippen molar-refractivity contribution in [3.63, 3.8) is 0 Å². The van der Waals surface area contributed by atoms with Gasteiger partial charge < -0.3 is 14.8 Å². The van der Waals surface area contributed by atoms with Crippen LogP contribution in [0, 0.1) is 5.82 Å². The number of ketones is 1. The predicted molar refractivity (Wildman–Crippen MR) is 113 cm³/mol. The fourth-order valence-electron chi connectivity index (χ4n) is 4.35. The van der Waals surface area contributed by atoms with Crippen LogP contribution in [-0.2, 0) is 9.59 Å². The molecule has 2 aromatic rings. The number of benzene rings is 2. The SMILES string of the molecule is COc1cc([C@@H]2CC(=O)NC3=C2C(=O)C[C@@H](c2ccc(F)cc2)C3)c(OC)cc1Br. The average Bonchev–Trinajstić information content (AvgIpc) is 2.73. The second-order valence-corrected chi connectivity index (χ2v) is 8.36. The van der Waals surface area contributed by atoms with Crippen LogP contribution < -0.4 is 14.8 Å². The highest BCUT2D eigenvalue weighted by Gasteiger charge is 2.39. The van der Waals surface area contributed by atoms with Crippen LogP contribution in [0.25, 0.3) is 0 Å². The predicted octanol–water partition coefficient (Wildman–Crippen LogP) is 4.61. The first-order valence-corrected chi connectivity index (χ1v) is 10.4. The van der Waals surface area contributed by atoms with Gasteiger partial charge in [0.25, 0.3) is 0 Å². The fourth-order valence-corrected chi connectivity index (χ4v) is 4.84. The summed E-state index contributed by atoms with van der Waals surface area (Å²) in [6.07, 6.45) is 0.991. The van der Waals surface area contributed by atoms with Crippen LogP contribution in [0.5, 0.6) is 11.5 Å². The molecule has 2 atom stereocenters. The lowest BCUT2D eigenvalue weighted by Gasteiger charge is -2.35. The molecule has 0 unspecified atom stereocenters. The van der Waals surface area contributed by atoms with E-state index in [1.807, 2.05) is 6.07 Å². The van der Waals surface area contributed by atoms with Gasteiger partial charge in [-0.2, -0.15) is 0 Å². The van der Waals surface area contributed by atoms with E-state index < -0.39 is 5.92 Å². The Morgan fingerprint density at radius 2 is 1.70 bits per heavy atom. The van der Waals surface area contributed by atoms with Gasteiger partial charge in [-0.15, -0.1) is 0 Å². The molecule has 0 bridgehead atoms. The molecule has 1 aliphatic carbocycles. The lowest BCUT2D eigenvalue weighted by atomic mass is 9.73. The Kier molecular flexibility index (Phi) is 5.64. The van der Waals surface area contributed by atoms with Crippen LogP contribution in [0.15, 0.2) is 52.1 Å². The second kappa shape index (κ2) is 8.22. The molecule has 1 aliphatic heterocycles. The van der Waals surface area contributed by atoms with Gasteiger partial charge in [-0.25, -0.2) is 4.39 Å². The van der Waals surface area contributed by atoms with Crippen LogP contribution in [0.1, 0.15) is 42.2 Å². The van der Waals surface area contributed by atoms with Crippen LogP contribution in [-0.4, -0.2) is 25.9 Å². The number of allylic oxidation sites excluding steroid dienone is 2. The Morgan fingerprint density at radius 3 is 2.37 bits per heavy atom. The lowest BCUT2D eigenvalue weighted by molar-refractivity contribution is -0.122. The molecule has 2 aromatic carbocycles. The zero-order valence-corrected chi connectivity index (χ0v) is 18.2. The summed E-state index contributed by atoms with van der Waals surface area (Å²) in [4.78, 5) is 25.8. The standard InChI is InChI=1S/C23H21BrFNO4/c1-29-20-11-17(24)21(30-2)9-15(20)16-10-22(28)26-18-7-13(8-19(27)23(16)18)12-3-5-14(25)6-4-12/h3-6,9,11,13,16H,7-8,10H2,1-2H3,(H,26,28)/t13-,16-/m0/s1. The zero-order chi connectivity index (χ0) is 21.4. The third-order valence-electron chi connectivity index (χ3n) is 5.76. The number of halogens is 2. The van der Waals surface area contributed by atoms with Crippen molar-refractivity contribution in [3.8, 4) is 11.5 Å². The average molecular weight is 474 g/mol. The first-order chi connectivity index (χ1) is 14.4. The number of nitrogens with one attached hydrogen (secondary N) is 1. The number of rotatable bonds is 4. The zero-order valence-electron chi connectivity index (χ0n) is 16.6. The van der Waals surface area contributed by atoms with E-state index in [4.69, 9.17) is 9.47 Å². The molecular weight excluding hydrogens is 453 g/mol. The minimum absolute atomic E-state index is 0.0143. The highest BCUT2D eigenvalue weighted by molar-refractivity contribution is 9.10. The molecule has 156 valence electrons. The highest BCUT2D eigenvalue weighted by atomic mass is 79.9. The number of hydrogen-bond acceptors (Lipinski definition) is 4. The minimum Gasteiger partial charge on any atom is -0.496 e. The molecule has 0 saturated heterocycles. The molecular formula is C23H21BrFNO4. The Hall–Kier alpha value is -2.67. The minimum atomic E-state index is -0.410. The molecule has 2 aliphatic rings. The number of ether oxygens (including phenoxy) is 2. The summed E-state index contributed by atoms with van der Waals surface area (Å²) < 4.78 is 25.0. The van der Waals surface area contributed by atoms with Gasteiger partial charge in [0.1, 0.15) is 17.3 Å². The van der Waals surface area contributed by atoms with E-state index in [1.165, 1.54) is 12.1 Å². The van der Waals surface area contributed by atoms with E-state index in [2.05, 4.69) is 21.2 Å². The highest BCUT2D eigenvalue weighted by Crippen LogP contribution is 2.46. The number of hydrogen-bond donors (Lipinski definition) is 1. The first kappa shape index (κ1) is 20.6. The van der Waals surface area contributed by atoms with Crippen LogP contribution in [0.2, 0.25) is 0 Å². The quantitative estimate of drug-likeness (QED) is 0.703. The van der Waals surface area contributed by atoms with Gasteiger partial charge in [0, 0.05) is 35.6 Å². The van der Waals surface area contributed by atoms with Crippen molar-refractivity contribution in [2.45, 2.75) is 31.1 Å². The molecule has 5 nitrogen and oxygen atoms in total. The van der Waals surface area contributed by atoms with Gasteiger partial charge in [0.05, 0.1) is 18.7 Å². The third kappa shape index (κ3) is 3.74. The van der Waals surface area contributed by atoms with Crippen molar-refractivity contribution >= 4 is 27.6 Å². The summed E-state index contributed by atoms with van der Waals surface area (Å²) in [5.41, 5.74) is 2.89. The van der Waals surface area contributed by atoms with Crippen molar-refractivity contribution in [1.82, 2.24) is 5.32 Å². The van der Waals surface area contributed by atoms with E-state index in [-0.39, 0.29) is 29.8 Å². The molecule has 1 heterocycles. The van der Waals surface area contributed by atoms with Gasteiger partial charge in [-0.05, 0) is 58.1 Å². The second-order valence-electron chi connectivity index (χ2n) is 7.51. The third-order valence-corrected chi connectivity index (χ3v) is 6.38. The molecule has 0 radical (unpaired) electrons. The molecule has 0 aromatic heterocycles. The smallest absolute Gasteiger partial charge is 0.225 e. The summed E-state index contributed by atoms with van der Waals surface area (Å²) in [7, 11) is 3.12. The number of carbonyl (C=O) groups is 2. The van der Waals surface area contributed by atoms with Crippen LogP contribution in [0.3, 0.4) is 0 Å². The molecule has 1 N–H and O–H groups in total. The van der Waals surface area contributed by atoms with Gasteiger partial charge >= 0.3 is 0 Å². The van der Waals surface area contributed by atoms with E-state index in [0.717, 1.165) is 15.6 Å². The van der Waals surface area contributed by atoms with E-state index in [1.54, 1.807) is 32.4 Å². The van der Waals surface area contributed by atoms with Gasteiger partial charge in [0.2, 0.25) is 5.91 Å². The van der Waals surface area contributed by atoms with E-state index >= 15 is 0 Å². The lowest BCUT2D eigenvalue weighted by Crippen LogP contribution is -2.38. The molecule has 4 rings (SSSR count). The van der Waals surface area contributed by atoms with Crippen molar-refractivity contribution < 1.29 is 23.5 Å². The molecule has 7 heteroatoms. The number of Topliss-reactive ketones (excluding diaryl/α,β-unsaturated/α-hetero) is 1. The number of carbonyl (C=O) groups excluding carboxylic acids is 2. The summed E-state index contributed by atoms with van der Waals surface area (Å²) >= 11 is 3.45. The Morgan fingerprint density at radius 1 is 1.00 bits per heavy atom. The van der Waals surface area contributed by atoms with E-state index in [0.29, 0.717) is 35.6 Å². The number of amides is 1. The van der Waals surface area contributed by atoms with Gasteiger partial charge in [-0.1, -0.05) is 12.1 Å². The van der Waals surface area contributed by atoms with Crippen molar-refractivity contribution in [2.75, 3.05) is 14.2 Å².